The van der Waals surface area contributed by atoms with E-state index in [2.05, 4.69) is 4.74 Å². The smallest absolute Gasteiger partial charge is 0.337 e. The Morgan fingerprint density at radius 1 is 1.53 bits per heavy atom. The number of aliphatic hydroxyl groups is 1. The number of ether oxygens (including phenoxy) is 1. The fourth-order valence-corrected chi connectivity index (χ4v) is 1.69. The zero-order valence-corrected chi connectivity index (χ0v) is 10.2. The first-order valence-corrected chi connectivity index (χ1v) is 5.72. The summed E-state index contributed by atoms with van der Waals surface area (Å²) in [7, 11) is 1.33. The van der Waals surface area contributed by atoms with Gasteiger partial charge in [-0.05, 0) is 24.1 Å². The third kappa shape index (κ3) is 3.54. The second kappa shape index (κ2) is 6.37. The minimum absolute atomic E-state index is 0.399. The molecule has 0 amide bonds. The van der Waals surface area contributed by atoms with Gasteiger partial charge in [0.2, 0.25) is 0 Å². The molecule has 0 fully saturated rings. The molecule has 0 saturated carbocycles. The molecule has 3 N–H and O–H groups in total. The molecule has 1 aromatic carbocycles. The highest BCUT2D eigenvalue weighted by atomic mass is 16.5. The number of nitrogens with two attached hydrogens (primary N) is 1. The summed E-state index contributed by atoms with van der Waals surface area (Å²) in [6.45, 7) is 1.99. The highest BCUT2D eigenvalue weighted by Crippen LogP contribution is 2.19. The van der Waals surface area contributed by atoms with Gasteiger partial charge in [0.15, 0.2) is 0 Å². The molecule has 0 spiro atoms. The zero-order valence-electron chi connectivity index (χ0n) is 10.2. The van der Waals surface area contributed by atoms with E-state index in [-0.39, 0.29) is 0 Å². The lowest BCUT2D eigenvalue weighted by Crippen LogP contribution is -2.26. The molecule has 0 aliphatic heterocycles. The Labute approximate surface area is 101 Å². The summed E-state index contributed by atoms with van der Waals surface area (Å²) in [4.78, 5) is 11.4. The van der Waals surface area contributed by atoms with Crippen LogP contribution in [0.3, 0.4) is 0 Å². The van der Waals surface area contributed by atoms with Crippen LogP contribution < -0.4 is 5.73 Å². The van der Waals surface area contributed by atoms with E-state index in [0.29, 0.717) is 12.0 Å². The normalized spacial score (nSPS) is 14.1. The van der Waals surface area contributed by atoms with Crippen molar-refractivity contribution in [2.45, 2.75) is 31.9 Å². The summed E-state index contributed by atoms with van der Waals surface area (Å²) in [6, 6.07) is 6.39. The average Bonchev–Trinajstić information content (AvgIpc) is 2.37. The van der Waals surface area contributed by atoms with Gasteiger partial charge in [-0.15, -0.1) is 0 Å². The number of carbonyl (C=O) groups excluding carboxylic acids is 1. The fourth-order valence-electron chi connectivity index (χ4n) is 1.69. The lowest BCUT2D eigenvalue weighted by atomic mass is 9.97. The second-order valence-electron chi connectivity index (χ2n) is 4.00. The van der Waals surface area contributed by atoms with E-state index in [4.69, 9.17) is 5.73 Å². The van der Waals surface area contributed by atoms with Crippen LogP contribution in [0.2, 0.25) is 0 Å². The summed E-state index contributed by atoms with van der Waals surface area (Å²) in [5.41, 5.74) is 7.13. The first-order chi connectivity index (χ1) is 8.10. The molecule has 0 aromatic heterocycles. The molecule has 1 rings (SSSR count). The summed E-state index contributed by atoms with van der Waals surface area (Å²) in [5, 5.41) is 9.82. The Hall–Kier alpha value is -1.39. The third-order valence-electron chi connectivity index (χ3n) is 2.69. The van der Waals surface area contributed by atoms with Crippen molar-refractivity contribution in [1.82, 2.24) is 0 Å². The first kappa shape index (κ1) is 13.7. The van der Waals surface area contributed by atoms with Gasteiger partial charge in [0.1, 0.15) is 0 Å². The van der Waals surface area contributed by atoms with Crippen molar-refractivity contribution in [1.29, 1.82) is 0 Å². The average molecular weight is 237 g/mol. The van der Waals surface area contributed by atoms with Gasteiger partial charge < -0.3 is 15.6 Å². The molecular formula is C13H19NO3. The molecule has 0 saturated heterocycles. The van der Waals surface area contributed by atoms with E-state index in [1.165, 1.54) is 7.11 Å². The molecule has 0 aliphatic carbocycles. The zero-order chi connectivity index (χ0) is 12.8. The molecule has 0 radical (unpaired) electrons. The summed E-state index contributed by atoms with van der Waals surface area (Å²) >= 11 is 0. The van der Waals surface area contributed by atoms with Crippen molar-refractivity contribution in [3.05, 3.63) is 35.4 Å². The van der Waals surface area contributed by atoms with Crippen LogP contribution >= 0.6 is 0 Å². The predicted octanol–water partition coefficient (Wildman–Crippen LogP) is 1.63. The van der Waals surface area contributed by atoms with Gasteiger partial charge in [0, 0.05) is 0 Å². The molecule has 4 heteroatoms. The van der Waals surface area contributed by atoms with Gasteiger partial charge in [0.05, 0.1) is 24.8 Å². The highest BCUT2D eigenvalue weighted by molar-refractivity contribution is 5.89. The lowest BCUT2D eigenvalue weighted by Gasteiger charge is -2.19. The van der Waals surface area contributed by atoms with Crippen molar-refractivity contribution < 1.29 is 14.6 Å². The van der Waals surface area contributed by atoms with Crippen LogP contribution in [-0.4, -0.2) is 24.3 Å². The minimum Gasteiger partial charge on any atom is -0.465 e. The third-order valence-corrected chi connectivity index (χ3v) is 2.69. The number of aliphatic hydroxyl groups excluding tert-OH is 1. The van der Waals surface area contributed by atoms with Crippen LogP contribution in [0.4, 0.5) is 0 Å². The van der Waals surface area contributed by atoms with E-state index in [1.54, 1.807) is 24.3 Å². The van der Waals surface area contributed by atoms with Crippen LogP contribution in [0, 0.1) is 0 Å². The summed E-state index contributed by atoms with van der Waals surface area (Å²) in [5.74, 6) is -0.399. The molecule has 0 bridgehead atoms. The van der Waals surface area contributed by atoms with Crippen LogP contribution in [0.25, 0.3) is 0 Å². The Bertz CT molecular complexity index is 379. The molecular weight excluding hydrogens is 218 g/mol. The maximum Gasteiger partial charge on any atom is 0.337 e. The van der Waals surface area contributed by atoms with Crippen molar-refractivity contribution in [2.75, 3.05) is 7.11 Å². The number of benzene rings is 1. The van der Waals surface area contributed by atoms with Gasteiger partial charge in [-0.1, -0.05) is 25.5 Å². The van der Waals surface area contributed by atoms with E-state index in [0.717, 1.165) is 12.0 Å². The summed E-state index contributed by atoms with van der Waals surface area (Å²) in [6.07, 6.45) is 0.919. The van der Waals surface area contributed by atoms with E-state index >= 15 is 0 Å². The molecule has 0 aliphatic rings. The Morgan fingerprint density at radius 2 is 2.24 bits per heavy atom. The van der Waals surface area contributed by atoms with Crippen molar-refractivity contribution in [3.8, 4) is 0 Å². The molecule has 17 heavy (non-hydrogen) atoms. The Kier molecular flexibility index (Phi) is 5.12. The van der Waals surface area contributed by atoms with Crippen molar-refractivity contribution in [2.24, 2.45) is 5.73 Å². The second-order valence-corrected chi connectivity index (χ2v) is 4.00. The van der Waals surface area contributed by atoms with Gasteiger partial charge in [-0.25, -0.2) is 4.79 Å². The minimum atomic E-state index is -0.590. The molecule has 0 heterocycles. The highest BCUT2D eigenvalue weighted by Gasteiger charge is 2.17. The molecule has 4 nitrogen and oxygen atoms in total. The van der Waals surface area contributed by atoms with Gasteiger partial charge >= 0.3 is 5.97 Å². The maximum atomic E-state index is 11.4. The van der Waals surface area contributed by atoms with Crippen LogP contribution in [-0.2, 0) is 4.74 Å². The van der Waals surface area contributed by atoms with Crippen LogP contribution in [0.5, 0.6) is 0 Å². The molecule has 0 unspecified atom stereocenters. The number of methoxy groups -OCH3 is 1. The Balaban J connectivity index is 2.87. The van der Waals surface area contributed by atoms with E-state index in [1.807, 2.05) is 6.92 Å². The SMILES string of the molecule is CCC[C@H](O)[C@H](N)c1cccc(C(=O)OC)c1. The number of hydrogen-bond acceptors (Lipinski definition) is 4. The molecule has 1 aromatic rings. The van der Waals surface area contributed by atoms with E-state index in [9.17, 15) is 9.90 Å². The number of hydrogen-bond donors (Lipinski definition) is 2. The largest absolute Gasteiger partial charge is 0.465 e. The standard InChI is InChI=1S/C13H19NO3/c1-3-5-11(15)12(14)9-6-4-7-10(8-9)13(16)17-2/h4,6-8,11-12,15H,3,5,14H2,1-2H3/t11-,12+/m0/s1. The van der Waals surface area contributed by atoms with E-state index < -0.39 is 18.1 Å². The van der Waals surface area contributed by atoms with Crippen LogP contribution in [0.15, 0.2) is 24.3 Å². The van der Waals surface area contributed by atoms with Gasteiger partial charge in [-0.3, -0.25) is 0 Å². The van der Waals surface area contributed by atoms with Crippen molar-refractivity contribution in [3.63, 3.8) is 0 Å². The monoisotopic (exact) mass is 237 g/mol. The maximum absolute atomic E-state index is 11.4. The molecule has 94 valence electrons. The van der Waals surface area contributed by atoms with Gasteiger partial charge in [-0.2, -0.15) is 0 Å². The van der Waals surface area contributed by atoms with Gasteiger partial charge in [0.25, 0.3) is 0 Å². The predicted molar refractivity (Wildman–Crippen MR) is 65.6 cm³/mol. The number of carbonyl (C=O) groups is 1. The molecule has 2 atom stereocenters. The quantitative estimate of drug-likeness (QED) is 0.763. The number of rotatable bonds is 5. The van der Waals surface area contributed by atoms with Crippen molar-refractivity contribution >= 4 is 5.97 Å². The fraction of sp³-hybridized carbons (Fsp3) is 0.462. The first-order valence-electron chi connectivity index (χ1n) is 5.72. The lowest BCUT2D eigenvalue weighted by molar-refractivity contribution is 0.0600. The topological polar surface area (TPSA) is 72.5 Å². The van der Waals surface area contributed by atoms with Crippen LogP contribution in [0.1, 0.15) is 41.7 Å². The number of esters is 1. The summed E-state index contributed by atoms with van der Waals surface area (Å²) < 4.78 is 4.64. The Morgan fingerprint density at radius 3 is 2.82 bits per heavy atom.